The fourth-order valence-electron chi connectivity index (χ4n) is 6.64. The average Bonchev–Trinajstić information content (AvgIpc) is 3.15. The number of hydrogen-bond donors (Lipinski definition) is 5. The average molecular weight is 872 g/mol. The van der Waals surface area contributed by atoms with Gasteiger partial charge in [-0.3, -0.25) is 24.2 Å². The first kappa shape index (κ1) is 61.9. The molecule has 0 aromatic rings. The zero-order chi connectivity index (χ0) is 40.2. The third-order valence-corrected chi connectivity index (χ3v) is 10.2. The number of rotatable bonds is 37. The monoisotopic (exact) mass is 870 g/mol. The van der Waals surface area contributed by atoms with Crippen molar-refractivity contribution in [1.82, 2.24) is 4.90 Å². The van der Waals surface area contributed by atoms with Crippen molar-refractivity contribution in [3.8, 4) is 0 Å². The highest BCUT2D eigenvalue weighted by Crippen LogP contribution is 2.16. The Hall–Kier alpha value is -1.76. The van der Waals surface area contributed by atoms with Crippen molar-refractivity contribution >= 4 is 66.7 Å². The van der Waals surface area contributed by atoms with Gasteiger partial charge in [-0.05, 0) is 51.4 Å². The Morgan fingerprint density at radius 1 is 0.509 bits per heavy atom. The molecular weight excluding hydrogens is 785 g/mol. The molecule has 0 saturated heterocycles. The van der Waals surface area contributed by atoms with Crippen LogP contribution < -0.4 is 28.7 Å². The number of carbonyl (C=O) groups excluding carboxylic acids is 4. The van der Waals surface area contributed by atoms with Gasteiger partial charge in [0.25, 0.3) is 5.91 Å². The van der Waals surface area contributed by atoms with Gasteiger partial charge in [-0.2, -0.15) is 0 Å². The van der Waals surface area contributed by atoms with Gasteiger partial charge in [0, 0.05) is 19.4 Å². The van der Waals surface area contributed by atoms with Crippen LogP contribution in [0.5, 0.6) is 0 Å². The van der Waals surface area contributed by atoms with Crippen LogP contribution in [0.1, 0.15) is 206 Å². The molecule has 0 aliphatic heterocycles. The van der Waals surface area contributed by atoms with E-state index < -0.39 is 41.6 Å². The van der Waals surface area contributed by atoms with Crippen LogP contribution in [0.3, 0.4) is 0 Å². The van der Waals surface area contributed by atoms with Gasteiger partial charge < -0.3 is 28.7 Å². The van der Waals surface area contributed by atoms with E-state index in [9.17, 15) is 19.2 Å². The molecule has 0 bridgehead atoms. The summed E-state index contributed by atoms with van der Waals surface area (Å²) in [6.45, 7) is 4.77. The Morgan fingerprint density at radius 3 is 1.23 bits per heavy atom. The normalized spacial score (nSPS) is 12.4. The lowest BCUT2D eigenvalue weighted by molar-refractivity contribution is -0.155. The van der Waals surface area contributed by atoms with Crippen LogP contribution in [-0.4, -0.2) is 59.0 Å². The Bertz CT molecular complexity index is 1050. The molecular formula is C43H86Cl3N7O4. The maximum Gasteiger partial charge on any atom is 0.255 e. The molecule has 3 unspecified atom stereocenters. The zero-order valence-electron chi connectivity index (χ0n) is 35.9. The number of guanidine groups is 1. The maximum absolute atomic E-state index is 13.6. The predicted octanol–water partition coefficient (Wildman–Crippen LogP) is 9.26. The van der Waals surface area contributed by atoms with Gasteiger partial charge in [0.05, 0.1) is 12.1 Å². The van der Waals surface area contributed by atoms with Gasteiger partial charge in [0.2, 0.25) is 11.8 Å². The van der Waals surface area contributed by atoms with Gasteiger partial charge >= 0.3 is 0 Å². The van der Waals surface area contributed by atoms with E-state index in [1.54, 1.807) is 0 Å². The Morgan fingerprint density at radius 2 is 0.860 bits per heavy atom. The third kappa shape index (κ3) is 34.8. The summed E-state index contributed by atoms with van der Waals surface area (Å²) >= 11 is 0. The van der Waals surface area contributed by atoms with Crippen LogP contribution >= 0.6 is 37.2 Å². The summed E-state index contributed by atoms with van der Waals surface area (Å²) in [7, 11) is 0. The minimum atomic E-state index is -1.57. The van der Waals surface area contributed by atoms with Gasteiger partial charge in [-0.25, -0.2) is 4.90 Å². The van der Waals surface area contributed by atoms with Crippen LogP contribution in [0.4, 0.5) is 0 Å². The van der Waals surface area contributed by atoms with Crippen LogP contribution in [0, 0.1) is 0 Å². The first-order valence-electron chi connectivity index (χ1n) is 22.0. The summed E-state index contributed by atoms with van der Waals surface area (Å²) in [6.07, 6.45) is 35.0. The molecule has 10 N–H and O–H groups in total. The van der Waals surface area contributed by atoms with Crippen LogP contribution in [0.25, 0.3) is 0 Å². The maximum atomic E-state index is 13.6. The first-order valence-corrected chi connectivity index (χ1v) is 22.0. The van der Waals surface area contributed by atoms with Crippen LogP contribution in [-0.2, 0) is 19.2 Å². The van der Waals surface area contributed by atoms with Gasteiger partial charge in [0.1, 0.15) is 6.04 Å². The smallest absolute Gasteiger partial charge is 0.255 e. The number of carbonyl (C=O) groups is 4. The predicted molar refractivity (Wildman–Crippen MR) is 247 cm³/mol. The summed E-state index contributed by atoms with van der Waals surface area (Å²) in [6, 6.07) is -4.03. The second-order valence-electron chi connectivity index (χ2n) is 15.3. The molecule has 11 nitrogen and oxygen atoms in total. The molecule has 57 heavy (non-hydrogen) atoms. The molecule has 0 saturated carbocycles. The van der Waals surface area contributed by atoms with Crippen LogP contribution in [0.2, 0.25) is 0 Å². The number of nitrogens with two attached hydrogens (primary N) is 5. The Balaban J connectivity index is -0.00000468. The van der Waals surface area contributed by atoms with Gasteiger partial charge in [0.15, 0.2) is 11.7 Å². The molecule has 0 aromatic carbocycles. The van der Waals surface area contributed by atoms with Crippen LogP contribution in [0.15, 0.2) is 17.1 Å². The summed E-state index contributed by atoms with van der Waals surface area (Å²) in [5.41, 5.74) is 29.0. The third-order valence-electron chi connectivity index (χ3n) is 10.2. The molecule has 0 aliphatic carbocycles. The number of unbranched alkanes of at least 4 members (excludes halogenated alkanes) is 23. The lowest BCUT2D eigenvalue weighted by Gasteiger charge is -2.26. The van der Waals surface area contributed by atoms with E-state index in [2.05, 4.69) is 31.0 Å². The topological polar surface area (TPSA) is 214 Å². The molecule has 0 rings (SSSR count). The second-order valence-corrected chi connectivity index (χ2v) is 15.3. The number of nitrogens with zero attached hydrogens (tertiary/aromatic N) is 2. The number of halogens is 3. The highest BCUT2D eigenvalue weighted by molar-refractivity contribution is 6.13. The largest absolute Gasteiger partial charge is 0.370 e. The molecule has 0 heterocycles. The van der Waals surface area contributed by atoms with E-state index in [-0.39, 0.29) is 69.0 Å². The van der Waals surface area contributed by atoms with E-state index in [0.717, 1.165) is 57.8 Å². The van der Waals surface area contributed by atoms with Crippen molar-refractivity contribution in [2.75, 3.05) is 6.54 Å². The second kappa shape index (κ2) is 43.8. The summed E-state index contributed by atoms with van der Waals surface area (Å²) in [5, 5.41) is 0. The molecule has 0 spiro atoms. The van der Waals surface area contributed by atoms with Crippen molar-refractivity contribution in [3.63, 3.8) is 0 Å². The fourth-order valence-corrected chi connectivity index (χ4v) is 6.64. The van der Waals surface area contributed by atoms with E-state index in [4.69, 9.17) is 28.7 Å². The van der Waals surface area contributed by atoms with E-state index in [0.29, 0.717) is 24.2 Å². The number of allylic oxidation sites excluding steroid dienone is 2. The number of imide groups is 3. The molecule has 338 valence electrons. The SMILES string of the molecule is CCCCCCCC/C=C\CCCCCCCC(=O)N(C(=O)CCCCCCCCCCCCCCC)C(=O)C(N)C(N)C(=O)C(N)CCCN=C(N)N.Cl.Cl.Cl. The fraction of sp³-hybridized carbons (Fsp3) is 0.837. The number of hydrogen-bond acceptors (Lipinski definition) is 8. The quantitative estimate of drug-likeness (QED) is 0.0174. The number of amides is 3. The molecule has 0 aliphatic rings. The Kier molecular flexibility index (Phi) is 47.6. The molecule has 0 fully saturated rings. The van der Waals surface area contributed by atoms with Crippen molar-refractivity contribution in [2.45, 2.75) is 225 Å². The minimum absolute atomic E-state index is 0. The van der Waals surface area contributed by atoms with Gasteiger partial charge in [-0.1, -0.05) is 154 Å². The minimum Gasteiger partial charge on any atom is -0.370 e. The molecule has 0 aromatic heterocycles. The van der Waals surface area contributed by atoms with Gasteiger partial charge in [-0.15, -0.1) is 37.2 Å². The van der Waals surface area contributed by atoms with Crippen molar-refractivity contribution in [1.29, 1.82) is 0 Å². The first-order chi connectivity index (χ1) is 26.1. The number of ketones is 1. The van der Waals surface area contributed by atoms with Crippen molar-refractivity contribution in [3.05, 3.63) is 12.2 Å². The molecule has 0 radical (unpaired) electrons. The molecule has 3 amide bonds. The van der Waals surface area contributed by atoms with E-state index >= 15 is 0 Å². The van der Waals surface area contributed by atoms with E-state index in [1.165, 1.54) is 96.3 Å². The lowest BCUT2D eigenvalue weighted by atomic mass is 9.96. The van der Waals surface area contributed by atoms with Crippen molar-refractivity contribution in [2.24, 2.45) is 33.7 Å². The summed E-state index contributed by atoms with van der Waals surface area (Å²) < 4.78 is 0. The van der Waals surface area contributed by atoms with E-state index in [1.807, 2.05) is 0 Å². The molecule has 3 atom stereocenters. The summed E-state index contributed by atoms with van der Waals surface area (Å²) in [4.78, 5) is 57.8. The number of aliphatic imine (C=N–C) groups is 1. The molecule has 14 heteroatoms. The highest BCUT2D eigenvalue weighted by atomic mass is 35.5. The standard InChI is InChI=1S/C43H83N7O4.3ClH/c1-3-5-7-9-11-13-15-17-18-20-22-24-26-28-30-34-38(52)50(37(51)33-29-27-25-23-21-19-16-14-12-10-8-6-4-2)42(54)40(46)39(45)41(53)36(44)32-31-35-49-43(47)48;;;/h17-18,36,39-40H,3-16,19-35,44-46H2,1-2H3,(H4,47,48,49);3*1H/b18-17-;;;. The highest BCUT2D eigenvalue weighted by Gasteiger charge is 2.37. The zero-order valence-corrected chi connectivity index (χ0v) is 38.4. The van der Waals surface area contributed by atoms with Crippen molar-refractivity contribution < 1.29 is 19.2 Å². The number of Topliss-reactive ketones (excluding diaryl/α,β-unsaturated/α-hetero) is 1. The lowest BCUT2D eigenvalue weighted by Crippen LogP contribution is -2.61. The summed E-state index contributed by atoms with van der Waals surface area (Å²) in [5.74, 6) is -2.80. The Labute approximate surface area is 366 Å².